The van der Waals surface area contributed by atoms with E-state index in [1.807, 2.05) is 41.5 Å². The molecule has 62 heavy (non-hydrogen) atoms. The van der Waals surface area contributed by atoms with Crippen LogP contribution < -0.4 is 0 Å². The summed E-state index contributed by atoms with van der Waals surface area (Å²) in [5.74, 6) is 1.39. The first kappa shape index (κ1) is 50.2. The van der Waals surface area contributed by atoms with E-state index >= 15 is 0 Å². The van der Waals surface area contributed by atoms with Gasteiger partial charge in [-0.05, 0) is 145 Å². The lowest BCUT2D eigenvalue weighted by atomic mass is 9.79. The maximum atomic E-state index is 13.6. The molecule has 9 nitrogen and oxygen atoms in total. The summed E-state index contributed by atoms with van der Waals surface area (Å²) < 4.78 is 11.8. The molecule has 0 saturated heterocycles. The Kier molecular flexibility index (Phi) is 18.1. The number of carbonyl (C=O) groups is 4. The molecule has 0 aliphatic heterocycles. The first-order valence-corrected chi connectivity index (χ1v) is 23.5. The van der Waals surface area contributed by atoms with Crippen LogP contribution in [0.3, 0.4) is 0 Å². The van der Waals surface area contributed by atoms with Gasteiger partial charge < -0.3 is 14.6 Å². The molecule has 5 rings (SSSR count). The summed E-state index contributed by atoms with van der Waals surface area (Å²) in [5, 5.41) is 10.1. The Hall–Kier alpha value is -4.41. The highest BCUT2D eigenvalue weighted by atomic mass is 32.2. The summed E-state index contributed by atoms with van der Waals surface area (Å²) in [4.78, 5) is 60.9. The minimum absolute atomic E-state index is 0.00428. The maximum absolute atomic E-state index is 13.6. The molecule has 1 heterocycles. The number of thioether (sulfide) groups is 1. The molecule has 0 bridgehead atoms. The molecule has 2 aliphatic carbocycles. The van der Waals surface area contributed by atoms with Crippen molar-refractivity contribution >= 4 is 46.4 Å². The Bertz CT molecular complexity index is 2110. The molecule has 0 spiro atoms. The van der Waals surface area contributed by atoms with Gasteiger partial charge in [-0.15, -0.1) is 0 Å². The molecule has 0 fully saturated rings. The average Bonchev–Trinajstić information content (AvgIpc) is 3.20. The largest absolute Gasteiger partial charge is 0.430 e. The van der Waals surface area contributed by atoms with E-state index < -0.39 is 10.8 Å². The van der Waals surface area contributed by atoms with Gasteiger partial charge in [0.1, 0.15) is 11.5 Å². The quantitative estimate of drug-likeness (QED) is 0.0948. The molecule has 2 atom stereocenters. The monoisotopic (exact) mass is 866 g/mol. The third-order valence-corrected chi connectivity index (χ3v) is 12.3. The van der Waals surface area contributed by atoms with Gasteiger partial charge in [0, 0.05) is 50.4 Å². The van der Waals surface area contributed by atoms with Crippen molar-refractivity contribution in [3.05, 3.63) is 98.8 Å². The molecule has 1 aromatic heterocycles. The highest BCUT2D eigenvalue weighted by Crippen LogP contribution is 2.42. The Morgan fingerprint density at radius 2 is 1.02 bits per heavy atom. The molecule has 3 aromatic rings. The van der Waals surface area contributed by atoms with Gasteiger partial charge in [0.15, 0.2) is 16.7 Å². The topological polar surface area (TPSA) is 133 Å². The number of aliphatic hydroxyl groups is 1. The van der Waals surface area contributed by atoms with Gasteiger partial charge in [-0.25, -0.2) is 9.97 Å². The van der Waals surface area contributed by atoms with Crippen molar-refractivity contribution in [2.45, 2.75) is 152 Å². The number of ether oxygens (including phenoxy) is 2. The molecule has 2 aromatic carbocycles. The zero-order chi connectivity index (χ0) is 45.9. The Morgan fingerprint density at radius 1 is 0.645 bits per heavy atom. The number of benzene rings is 2. The number of nitrogens with zero attached hydrogens (tertiary/aromatic N) is 2. The van der Waals surface area contributed by atoms with Gasteiger partial charge in [-0.3, -0.25) is 19.2 Å². The highest BCUT2D eigenvalue weighted by Gasteiger charge is 2.36. The van der Waals surface area contributed by atoms with E-state index in [-0.39, 0.29) is 41.9 Å². The fourth-order valence-electron chi connectivity index (χ4n) is 8.09. The number of aromatic nitrogens is 2. The Labute approximate surface area is 375 Å². The first-order valence-electron chi connectivity index (χ1n) is 22.5. The second-order valence-corrected chi connectivity index (χ2v) is 19.8. The SMILES string of the molecule is CCc1cc(C)cc(CC)c1C1=C(OC(=O)C(C)(C)C)CC(CCO)CC1=O.CCc1cc(C)cc(CC)c1C1=C(OC(=O)C(C)(C)C)CC(CCSc2ncccn2)CC1=O. The van der Waals surface area contributed by atoms with Crippen LogP contribution in [-0.4, -0.2) is 50.9 Å². The molecule has 2 unspecified atom stereocenters. The number of carbonyl (C=O) groups excluding carboxylic acids is 4. The number of hydrogen-bond acceptors (Lipinski definition) is 10. The van der Waals surface area contributed by atoms with Crippen molar-refractivity contribution in [2.75, 3.05) is 12.4 Å². The average molecular weight is 867 g/mol. The minimum Gasteiger partial charge on any atom is -0.430 e. The van der Waals surface area contributed by atoms with Crippen LogP contribution in [0.5, 0.6) is 0 Å². The van der Waals surface area contributed by atoms with E-state index in [9.17, 15) is 24.3 Å². The van der Waals surface area contributed by atoms with Crippen LogP contribution in [0, 0.1) is 36.5 Å². The number of allylic oxidation sites excluding steroid dienone is 4. The zero-order valence-corrected chi connectivity index (χ0v) is 40.2. The summed E-state index contributed by atoms with van der Waals surface area (Å²) in [5.41, 5.74) is 8.67. The van der Waals surface area contributed by atoms with Crippen LogP contribution in [0.4, 0.5) is 0 Å². The molecule has 2 aliphatic rings. The van der Waals surface area contributed by atoms with Gasteiger partial charge in [-0.2, -0.15) is 0 Å². The molecular weight excluding hydrogens is 797 g/mol. The fraction of sp³-hybridized carbons (Fsp3) is 0.538. The van der Waals surface area contributed by atoms with Crippen LogP contribution in [0.25, 0.3) is 11.1 Å². The minimum atomic E-state index is -0.653. The number of rotatable bonds is 14. The van der Waals surface area contributed by atoms with Crippen molar-refractivity contribution in [1.82, 2.24) is 9.97 Å². The smallest absolute Gasteiger partial charge is 0.316 e. The molecule has 0 amide bonds. The van der Waals surface area contributed by atoms with Crippen LogP contribution in [0.15, 0.2) is 59.4 Å². The lowest BCUT2D eigenvalue weighted by Crippen LogP contribution is -2.28. The number of aryl methyl sites for hydroxylation is 6. The summed E-state index contributed by atoms with van der Waals surface area (Å²) in [7, 11) is 0. The van der Waals surface area contributed by atoms with Crippen molar-refractivity contribution in [1.29, 1.82) is 0 Å². The Morgan fingerprint density at radius 3 is 1.35 bits per heavy atom. The summed E-state index contributed by atoms with van der Waals surface area (Å²) in [6.45, 7) is 23.5. The van der Waals surface area contributed by atoms with E-state index in [0.29, 0.717) is 54.8 Å². The predicted octanol–water partition coefficient (Wildman–Crippen LogP) is 11.2. The van der Waals surface area contributed by atoms with Crippen molar-refractivity contribution in [3.8, 4) is 0 Å². The molecule has 1 N–H and O–H groups in total. The van der Waals surface area contributed by atoms with E-state index in [0.717, 1.165) is 76.4 Å². The first-order chi connectivity index (χ1) is 29.2. The normalized spacial score (nSPS) is 17.2. The summed E-state index contributed by atoms with van der Waals surface area (Å²) in [6, 6.07) is 10.4. The molecule has 0 saturated carbocycles. The maximum Gasteiger partial charge on any atom is 0.316 e. The Balaban J connectivity index is 0.000000278. The van der Waals surface area contributed by atoms with Crippen LogP contribution in [0.1, 0.15) is 152 Å². The molecule has 10 heteroatoms. The lowest BCUT2D eigenvalue weighted by Gasteiger charge is -2.29. The van der Waals surface area contributed by atoms with Crippen LogP contribution >= 0.6 is 11.8 Å². The van der Waals surface area contributed by atoms with Gasteiger partial charge >= 0.3 is 11.9 Å². The highest BCUT2D eigenvalue weighted by molar-refractivity contribution is 7.99. The lowest BCUT2D eigenvalue weighted by molar-refractivity contribution is -0.149. The van der Waals surface area contributed by atoms with E-state index in [1.165, 1.54) is 11.1 Å². The van der Waals surface area contributed by atoms with Gasteiger partial charge in [0.2, 0.25) is 0 Å². The van der Waals surface area contributed by atoms with Crippen LogP contribution in [-0.2, 0) is 54.3 Å². The van der Waals surface area contributed by atoms with Gasteiger partial charge in [0.25, 0.3) is 0 Å². The number of Topliss-reactive ketones (excluding diaryl/α,β-unsaturated/α-hetero) is 2. The third kappa shape index (κ3) is 13.1. The second-order valence-electron chi connectivity index (χ2n) is 18.8. The van der Waals surface area contributed by atoms with E-state index in [4.69, 9.17) is 9.47 Å². The van der Waals surface area contributed by atoms with Gasteiger partial charge in [0.05, 0.1) is 22.0 Å². The summed E-state index contributed by atoms with van der Waals surface area (Å²) in [6.07, 6.45) is 10.0. The second kappa shape index (κ2) is 22.3. The fourth-order valence-corrected chi connectivity index (χ4v) is 9.00. The molecule has 336 valence electrons. The zero-order valence-electron chi connectivity index (χ0n) is 39.4. The number of aliphatic hydroxyl groups excluding tert-OH is 1. The summed E-state index contributed by atoms with van der Waals surface area (Å²) >= 11 is 1.59. The number of esters is 2. The predicted molar refractivity (Wildman–Crippen MR) is 249 cm³/mol. The van der Waals surface area contributed by atoms with Crippen molar-refractivity contribution < 1.29 is 33.8 Å². The van der Waals surface area contributed by atoms with E-state index in [2.05, 4.69) is 75.8 Å². The number of ketones is 2. The third-order valence-electron chi connectivity index (χ3n) is 11.4. The standard InChI is InChI=1S/C28H36N2O3S.C24H34O4/c1-7-20-14-18(3)15-21(8-2)24(20)25-22(31)16-19(10-13-34-27-29-11-9-12-30-27)17-23(25)33-26(32)28(4,5)6;1-7-17-11-15(3)12-18(8-2)21(17)22-19(26)13-16(9-10-25)14-20(22)28-23(27)24(4,5)6/h9,11-12,14-15,19H,7-8,10,13,16-17H2,1-6H3;11-12,16,25H,7-10,13-14H2,1-6H3. The van der Waals surface area contributed by atoms with E-state index in [1.54, 1.807) is 30.2 Å². The van der Waals surface area contributed by atoms with Crippen LogP contribution in [0.2, 0.25) is 0 Å². The molecule has 0 radical (unpaired) electrons. The van der Waals surface area contributed by atoms with Crippen molar-refractivity contribution in [3.63, 3.8) is 0 Å². The van der Waals surface area contributed by atoms with Gasteiger partial charge in [-0.1, -0.05) is 74.8 Å². The van der Waals surface area contributed by atoms with Crippen molar-refractivity contribution in [2.24, 2.45) is 22.7 Å². The number of hydrogen-bond donors (Lipinski definition) is 1. The molecular formula is C52H70N2O7S.